The molecule has 0 aliphatic carbocycles. The van der Waals surface area contributed by atoms with Gasteiger partial charge < -0.3 is 9.64 Å². The Morgan fingerprint density at radius 3 is 2.70 bits per heavy atom. The predicted octanol–water partition coefficient (Wildman–Crippen LogP) is 2.76. The van der Waals surface area contributed by atoms with E-state index in [1.54, 1.807) is 7.11 Å². The molecule has 0 radical (unpaired) electrons. The summed E-state index contributed by atoms with van der Waals surface area (Å²) in [6.45, 7) is 4.54. The van der Waals surface area contributed by atoms with Crippen LogP contribution in [0.3, 0.4) is 0 Å². The van der Waals surface area contributed by atoms with Gasteiger partial charge in [0.15, 0.2) is 0 Å². The zero-order valence-corrected chi connectivity index (χ0v) is 14.2. The van der Waals surface area contributed by atoms with Crippen molar-refractivity contribution >= 4 is 17.2 Å². The summed E-state index contributed by atoms with van der Waals surface area (Å²) in [5.74, 6) is 1.08. The highest BCUT2D eigenvalue weighted by molar-refractivity contribution is 7.12. The number of hydrogen-bond donors (Lipinski definition) is 0. The van der Waals surface area contributed by atoms with E-state index < -0.39 is 0 Å². The second-order valence-corrected chi connectivity index (χ2v) is 6.66. The van der Waals surface area contributed by atoms with Gasteiger partial charge in [-0.3, -0.25) is 9.69 Å². The minimum absolute atomic E-state index is 0.174. The highest BCUT2D eigenvalue weighted by Gasteiger charge is 2.22. The van der Waals surface area contributed by atoms with Crippen LogP contribution >= 0.6 is 11.3 Å². The van der Waals surface area contributed by atoms with E-state index in [4.69, 9.17) is 4.74 Å². The molecule has 1 saturated heterocycles. The van der Waals surface area contributed by atoms with Gasteiger partial charge in [-0.25, -0.2) is 0 Å². The molecule has 1 amide bonds. The quantitative estimate of drug-likeness (QED) is 0.845. The van der Waals surface area contributed by atoms with Crippen molar-refractivity contribution in [3.05, 3.63) is 52.2 Å². The molecule has 1 aliphatic rings. The smallest absolute Gasteiger partial charge is 0.264 e. The molecule has 0 spiro atoms. The molecule has 2 aromatic rings. The van der Waals surface area contributed by atoms with Crippen molar-refractivity contribution in [2.24, 2.45) is 0 Å². The third kappa shape index (κ3) is 4.12. The number of ether oxygens (including phenoxy) is 1. The van der Waals surface area contributed by atoms with E-state index in [-0.39, 0.29) is 5.91 Å². The van der Waals surface area contributed by atoms with Crippen LogP contribution in [-0.2, 0) is 6.42 Å². The molecule has 1 aliphatic heterocycles. The van der Waals surface area contributed by atoms with Crippen LogP contribution in [0.5, 0.6) is 5.75 Å². The monoisotopic (exact) mass is 330 g/mol. The van der Waals surface area contributed by atoms with E-state index in [2.05, 4.69) is 17.0 Å². The molecule has 5 heteroatoms. The van der Waals surface area contributed by atoms with Crippen molar-refractivity contribution in [3.8, 4) is 5.75 Å². The van der Waals surface area contributed by atoms with E-state index in [9.17, 15) is 4.79 Å². The van der Waals surface area contributed by atoms with Gasteiger partial charge in [-0.05, 0) is 35.6 Å². The Morgan fingerprint density at radius 2 is 2.00 bits per heavy atom. The van der Waals surface area contributed by atoms with E-state index in [0.29, 0.717) is 0 Å². The number of rotatable bonds is 5. The van der Waals surface area contributed by atoms with Crippen LogP contribution in [0.25, 0.3) is 0 Å². The van der Waals surface area contributed by atoms with Crippen LogP contribution in [0.1, 0.15) is 15.2 Å². The molecule has 0 bridgehead atoms. The Kier molecular flexibility index (Phi) is 5.31. The van der Waals surface area contributed by atoms with Crippen LogP contribution < -0.4 is 4.74 Å². The summed E-state index contributed by atoms with van der Waals surface area (Å²) in [5.41, 5.74) is 1.29. The third-order valence-corrected chi connectivity index (χ3v) is 5.10. The molecule has 1 fully saturated rings. The van der Waals surface area contributed by atoms with Crippen LogP contribution in [0, 0.1) is 0 Å². The van der Waals surface area contributed by atoms with Crippen molar-refractivity contribution < 1.29 is 9.53 Å². The third-order valence-electron chi connectivity index (χ3n) is 4.24. The van der Waals surface area contributed by atoms with Crippen molar-refractivity contribution in [3.63, 3.8) is 0 Å². The molecule has 23 heavy (non-hydrogen) atoms. The first kappa shape index (κ1) is 16.0. The Labute approximate surface area is 141 Å². The Hall–Kier alpha value is -1.85. The van der Waals surface area contributed by atoms with Crippen molar-refractivity contribution in [2.75, 3.05) is 39.8 Å². The first-order valence-electron chi connectivity index (χ1n) is 7.94. The normalized spacial score (nSPS) is 15.6. The number of piperazine rings is 1. The molecule has 4 nitrogen and oxygen atoms in total. The highest BCUT2D eigenvalue weighted by atomic mass is 32.1. The number of hydrogen-bond acceptors (Lipinski definition) is 4. The van der Waals surface area contributed by atoms with E-state index in [1.165, 1.54) is 16.9 Å². The fourth-order valence-corrected chi connectivity index (χ4v) is 3.54. The zero-order valence-electron chi connectivity index (χ0n) is 13.4. The van der Waals surface area contributed by atoms with E-state index >= 15 is 0 Å². The first-order chi connectivity index (χ1) is 11.3. The number of carbonyl (C=O) groups is 1. The number of thiophene rings is 1. The first-order valence-corrected chi connectivity index (χ1v) is 8.82. The van der Waals surface area contributed by atoms with Gasteiger partial charge >= 0.3 is 0 Å². The number of amides is 1. The molecule has 1 aromatic carbocycles. The molecule has 2 heterocycles. The van der Waals surface area contributed by atoms with Crippen molar-refractivity contribution in [2.45, 2.75) is 6.42 Å². The summed E-state index contributed by atoms with van der Waals surface area (Å²) in [6.07, 6.45) is 1.01. The summed E-state index contributed by atoms with van der Waals surface area (Å²) in [7, 11) is 1.70. The van der Waals surface area contributed by atoms with Crippen LogP contribution in [0.2, 0.25) is 0 Å². The summed E-state index contributed by atoms with van der Waals surface area (Å²) in [5, 5.41) is 1.96. The molecule has 0 saturated carbocycles. The topological polar surface area (TPSA) is 32.8 Å². The van der Waals surface area contributed by atoms with Gasteiger partial charge in [0.2, 0.25) is 0 Å². The van der Waals surface area contributed by atoms with Gasteiger partial charge in [0, 0.05) is 32.7 Å². The molecule has 0 atom stereocenters. The summed E-state index contributed by atoms with van der Waals surface area (Å²) in [6, 6.07) is 12.1. The number of benzene rings is 1. The maximum atomic E-state index is 12.3. The zero-order chi connectivity index (χ0) is 16.1. The van der Waals surface area contributed by atoms with Gasteiger partial charge in [0.25, 0.3) is 5.91 Å². The minimum atomic E-state index is 0.174. The molecule has 0 N–H and O–H groups in total. The lowest BCUT2D eigenvalue weighted by Crippen LogP contribution is -2.48. The predicted molar refractivity (Wildman–Crippen MR) is 93.4 cm³/mol. The Morgan fingerprint density at radius 1 is 1.17 bits per heavy atom. The number of methoxy groups -OCH3 is 1. The lowest BCUT2D eigenvalue weighted by molar-refractivity contribution is 0.0643. The second-order valence-electron chi connectivity index (χ2n) is 5.71. The minimum Gasteiger partial charge on any atom is -0.497 e. The Balaban J connectivity index is 1.46. The average molecular weight is 330 g/mol. The van der Waals surface area contributed by atoms with Gasteiger partial charge in [-0.15, -0.1) is 11.3 Å². The van der Waals surface area contributed by atoms with Gasteiger partial charge in [-0.2, -0.15) is 0 Å². The Bertz CT molecular complexity index is 634. The molecule has 1 aromatic heterocycles. The lowest BCUT2D eigenvalue weighted by atomic mass is 10.1. The van der Waals surface area contributed by atoms with Crippen LogP contribution in [0.15, 0.2) is 41.8 Å². The summed E-state index contributed by atoms with van der Waals surface area (Å²) < 4.78 is 5.27. The molecular formula is C18H22N2O2S. The van der Waals surface area contributed by atoms with Gasteiger partial charge in [0.05, 0.1) is 12.0 Å². The fourth-order valence-electron chi connectivity index (χ4n) is 2.85. The number of carbonyl (C=O) groups excluding carboxylic acids is 1. The van der Waals surface area contributed by atoms with E-state index in [1.807, 2.05) is 34.5 Å². The van der Waals surface area contributed by atoms with Crippen molar-refractivity contribution in [1.29, 1.82) is 0 Å². The molecule has 122 valence electrons. The SMILES string of the molecule is COc1cccc(CCN2CCN(C(=O)c3cccs3)CC2)c1. The lowest BCUT2D eigenvalue weighted by Gasteiger charge is -2.34. The second kappa shape index (κ2) is 7.62. The number of nitrogens with zero attached hydrogens (tertiary/aromatic N) is 2. The molecular weight excluding hydrogens is 308 g/mol. The molecule has 3 rings (SSSR count). The van der Waals surface area contributed by atoms with Crippen LogP contribution in [-0.4, -0.2) is 55.5 Å². The average Bonchev–Trinajstić information content (AvgIpc) is 3.14. The maximum absolute atomic E-state index is 12.3. The maximum Gasteiger partial charge on any atom is 0.264 e. The van der Waals surface area contributed by atoms with Crippen LogP contribution in [0.4, 0.5) is 0 Å². The summed E-state index contributed by atoms with van der Waals surface area (Å²) in [4.78, 5) is 17.6. The largest absolute Gasteiger partial charge is 0.497 e. The van der Waals surface area contributed by atoms with Gasteiger partial charge in [0.1, 0.15) is 5.75 Å². The molecule has 0 unspecified atom stereocenters. The fraction of sp³-hybridized carbons (Fsp3) is 0.389. The van der Waals surface area contributed by atoms with Gasteiger partial charge in [-0.1, -0.05) is 18.2 Å². The van der Waals surface area contributed by atoms with E-state index in [0.717, 1.165) is 49.8 Å². The standard InChI is InChI=1S/C18H22N2O2S/c1-22-16-5-2-4-15(14-16)7-8-19-9-11-20(12-10-19)18(21)17-6-3-13-23-17/h2-6,13-14H,7-12H2,1H3. The summed E-state index contributed by atoms with van der Waals surface area (Å²) >= 11 is 1.52. The highest BCUT2D eigenvalue weighted by Crippen LogP contribution is 2.15. The van der Waals surface area contributed by atoms with Crippen molar-refractivity contribution in [1.82, 2.24) is 9.80 Å².